The SMILES string of the molecule is O=C1Nc2ccccc2CC1CCC(=O)N1CCC1. The van der Waals surface area contributed by atoms with Crippen LogP contribution in [-0.4, -0.2) is 29.8 Å². The summed E-state index contributed by atoms with van der Waals surface area (Å²) >= 11 is 0. The smallest absolute Gasteiger partial charge is 0.227 e. The zero-order valence-corrected chi connectivity index (χ0v) is 10.9. The lowest BCUT2D eigenvalue weighted by molar-refractivity contribution is -0.135. The Morgan fingerprint density at radius 1 is 1.32 bits per heavy atom. The molecular weight excluding hydrogens is 240 g/mol. The van der Waals surface area contributed by atoms with Crippen molar-refractivity contribution >= 4 is 17.5 Å². The molecule has 0 saturated carbocycles. The number of benzene rings is 1. The highest BCUT2D eigenvalue weighted by atomic mass is 16.2. The Balaban J connectivity index is 1.60. The molecule has 1 atom stereocenters. The van der Waals surface area contributed by atoms with Crippen molar-refractivity contribution in [3.05, 3.63) is 29.8 Å². The maximum Gasteiger partial charge on any atom is 0.227 e. The van der Waals surface area contributed by atoms with Gasteiger partial charge in [-0.3, -0.25) is 9.59 Å². The molecule has 0 aliphatic carbocycles. The lowest BCUT2D eigenvalue weighted by atomic mass is 9.89. The Hall–Kier alpha value is -1.84. The van der Waals surface area contributed by atoms with Gasteiger partial charge in [-0.25, -0.2) is 0 Å². The standard InChI is InChI=1S/C15H18N2O2/c18-14(17-8-3-9-17)7-6-12-10-11-4-1-2-5-13(11)16-15(12)19/h1-2,4-5,12H,3,6-10H2,(H,16,19). The maximum atomic E-state index is 12.0. The third kappa shape index (κ3) is 2.48. The predicted octanol–water partition coefficient (Wildman–Crippen LogP) is 1.81. The van der Waals surface area contributed by atoms with E-state index in [4.69, 9.17) is 0 Å². The summed E-state index contributed by atoms with van der Waals surface area (Å²) in [5.74, 6) is 0.174. The molecule has 4 heteroatoms. The van der Waals surface area contributed by atoms with E-state index in [1.165, 1.54) is 5.56 Å². The average Bonchev–Trinajstić information content (AvgIpc) is 2.34. The number of carbonyl (C=O) groups excluding carboxylic acids is 2. The number of para-hydroxylation sites is 1. The summed E-state index contributed by atoms with van der Waals surface area (Å²) in [4.78, 5) is 25.7. The number of nitrogens with one attached hydrogen (secondary N) is 1. The Morgan fingerprint density at radius 3 is 2.84 bits per heavy atom. The summed E-state index contributed by atoms with van der Waals surface area (Å²) in [6.07, 6.45) is 2.99. The maximum absolute atomic E-state index is 12.0. The molecule has 0 radical (unpaired) electrons. The van der Waals surface area contributed by atoms with Gasteiger partial charge < -0.3 is 10.2 Å². The van der Waals surface area contributed by atoms with E-state index in [1.54, 1.807) is 0 Å². The van der Waals surface area contributed by atoms with Crippen LogP contribution in [0.3, 0.4) is 0 Å². The first-order valence-corrected chi connectivity index (χ1v) is 6.90. The van der Waals surface area contributed by atoms with E-state index in [-0.39, 0.29) is 17.7 Å². The molecule has 3 rings (SSSR count). The highest BCUT2D eigenvalue weighted by Crippen LogP contribution is 2.27. The molecule has 0 spiro atoms. The normalized spacial score (nSPS) is 21.4. The van der Waals surface area contributed by atoms with Crippen molar-refractivity contribution < 1.29 is 9.59 Å². The monoisotopic (exact) mass is 258 g/mol. The largest absolute Gasteiger partial charge is 0.343 e. The van der Waals surface area contributed by atoms with Crippen LogP contribution in [0.4, 0.5) is 5.69 Å². The molecule has 1 saturated heterocycles. The van der Waals surface area contributed by atoms with E-state index < -0.39 is 0 Å². The first-order valence-electron chi connectivity index (χ1n) is 6.90. The van der Waals surface area contributed by atoms with Crippen LogP contribution < -0.4 is 5.32 Å². The molecule has 100 valence electrons. The fraction of sp³-hybridized carbons (Fsp3) is 0.467. The van der Waals surface area contributed by atoms with Crippen LogP contribution in [-0.2, 0) is 16.0 Å². The van der Waals surface area contributed by atoms with Crippen LogP contribution >= 0.6 is 0 Å². The second kappa shape index (κ2) is 5.03. The van der Waals surface area contributed by atoms with Crippen LogP contribution in [0.25, 0.3) is 0 Å². The van der Waals surface area contributed by atoms with Gasteiger partial charge in [0.1, 0.15) is 0 Å². The van der Waals surface area contributed by atoms with E-state index in [0.29, 0.717) is 12.8 Å². The lowest BCUT2D eigenvalue weighted by Gasteiger charge is -2.31. The number of nitrogens with zero attached hydrogens (tertiary/aromatic N) is 1. The predicted molar refractivity (Wildman–Crippen MR) is 72.7 cm³/mol. The van der Waals surface area contributed by atoms with Crippen molar-refractivity contribution in [1.82, 2.24) is 4.90 Å². The molecule has 1 aromatic carbocycles. The number of fused-ring (bicyclic) bond motifs is 1. The third-order valence-corrected chi connectivity index (χ3v) is 4.03. The van der Waals surface area contributed by atoms with Gasteiger partial charge in [-0.05, 0) is 30.9 Å². The molecule has 1 unspecified atom stereocenters. The molecule has 2 amide bonds. The van der Waals surface area contributed by atoms with Gasteiger partial charge in [0.2, 0.25) is 11.8 Å². The van der Waals surface area contributed by atoms with Gasteiger partial charge in [-0.15, -0.1) is 0 Å². The van der Waals surface area contributed by atoms with Crippen molar-refractivity contribution in [3.63, 3.8) is 0 Å². The van der Waals surface area contributed by atoms with Crippen LogP contribution in [0.2, 0.25) is 0 Å². The second-order valence-corrected chi connectivity index (χ2v) is 5.32. The Morgan fingerprint density at radius 2 is 2.11 bits per heavy atom. The third-order valence-electron chi connectivity index (χ3n) is 4.03. The highest BCUT2D eigenvalue weighted by Gasteiger charge is 2.27. The summed E-state index contributed by atoms with van der Waals surface area (Å²) in [5.41, 5.74) is 2.08. The summed E-state index contributed by atoms with van der Waals surface area (Å²) in [5, 5.41) is 2.93. The molecule has 19 heavy (non-hydrogen) atoms. The quantitative estimate of drug-likeness (QED) is 0.899. The molecule has 0 aromatic heterocycles. The van der Waals surface area contributed by atoms with Crippen LogP contribution in [0.5, 0.6) is 0 Å². The van der Waals surface area contributed by atoms with Gasteiger partial charge >= 0.3 is 0 Å². The molecular formula is C15H18N2O2. The van der Waals surface area contributed by atoms with Crippen LogP contribution in [0, 0.1) is 5.92 Å². The first kappa shape index (κ1) is 12.2. The Bertz CT molecular complexity index is 509. The Kier molecular flexibility index (Phi) is 3.23. The van der Waals surface area contributed by atoms with Crippen molar-refractivity contribution in [1.29, 1.82) is 0 Å². The fourth-order valence-electron chi connectivity index (χ4n) is 2.67. The topological polar surface area (TPSA) is 49.4 Å². The number of hydrogen-bond donors (Lipinski definition) is 1. The van der Waals surface area contributed by atoms with Gasteiger partial charge in [0, 0.05) is 31.1 Å². The number of anilines is 1. The molecule has 2 heterocycles. The number of amides is 2. The van der Waals surface area contributed by atoms with Crippen molar-refractivity contribution in [3.8, 4) is 0 Å². The summed E-state index contributed by atoms with van der Waals surface area (Å²) in [7, 11) is 0. The summed E-state index contributed by atoms with van der Waals surface area (Å²) in [6, 6.07) is 7.87. The molecule has 4 nitrogen and oxygen atoms in total. The molecule has 2 aliphatic rings. The number of carbonyl (C=O) groups is 2. The fourth-order valence-corrected chi connectivity index (χ4v) is 2.67. The first-order chi connectivity index (χ1) is 9.24. The average molecular weight is 258 g/mol. The number of hydrogen-bond acceptors (Lipinski definition) is 2. The van der Waals surface area contributed by atoms with Gasteiger partial charge in [0.25, 0.3) is 0 Å². The number of likely N-dealkylation sites (tertiary alicyclic amines) is 1. The minimum Gasteiger partial charge on any atom is -0.343 e. The molecule has 0 bridgehead atoms. The number of rotatable bonds is 3. The van der Waals surface area contributed by atoms with E-state index >= 15 is 0 Å². The van der Waals surface area contributed by atoms with E-state index in [9.17, 15) is 9.59 Å². The summed E-state index contributed by atoms with van der Waals surface area (Å²) < 4.78 is 0. The zero-order valence-electron chi connectivity index (χ0n) is 10.9. The minimum atomic E-state index is -0.0693. The van der Waals surface area contributed by atoms with Gasteiger partial charge in [0.05, 0.1) is 0 Å². The summed E-state index contributed by atoms with van der Waals surface area (Å²) in [6.45, 7) is 1.77. The molecule has 2 aliphatic heterocycles. The van der Waals surface area contributed by atoms with E-state index in [2.05, 4.69) is 5.32 Å². The van der Waals surface area contributed by atoms with Gasteiger partial charge in [0.15, 0.2) is 0 Å². The minimum absolute atomic E-state index is 0.0510. The van der Waals surface area contributed by atoms with Crippen molar-refractivity contribution in [2.75, 3.05) is 18.4 Å². The molecule has 1 N–H and O–H groups in total. The molecule has 1 aromatic rings. The highest BCUT2D eigenvalue weighted by molar-refractivity contribution is 5.96. The zero-order chi connectivity index (χ0) is 13.2. The van der Waals surface area contributed by atoms with Gasteiger partial charge in [-0.2, -0.15) is 0 Å². The van der Waals surface area contributed by atoms with E-state index in [0.717, 1.165) is 31.6 Å². The van der Waals surface area contributed by atoms with E-state index in [1.807, 2.05) is 29.2 Å². The van der Waals surface area contributed by atoms with Crippen molar-refractivity contribution in [2.24, 2.45) is 5.92 Å². The van der Waals surface area contributed by atoms with Crippen molar-refractivity contribution in [2.45, 2.75) is 25.7 Å². The van der Waals surface area contributed by atoms with Gasteiger partial charge in [-0.1, -0.05) is 18.2 Å². The second-order valence-electron chi connectivity index (χ2n) is 5.32. The lowest BCUT2D eigenvalue weighted by Crippen LogP contribution is -2.42. The van der Waals surface area contributed by atoms with Crippen LogP contribution in [0.1, 0.15) is 24.8 Å². The Labute approximate surface area is 112 Å². The van der Waals surface area contributed by atoms with Crippen LogP contribution in [0.15, 0.2) is 24.3 Å². The molecule has 1 fully saturated rings.